The number of carbonyl (C=O) groups is 1. The molecule has 21 heavy (non-hydrogen) atoms. The molecule has 1 aromatic rings. The summed E-state index contributed by atoms with van der Waals surface area (Å²) >= 11 is 0. The second-order valence-electron chi connectivity index (χ2n) is 5.76. The van der Waals surface area contributed by atoms with E-state index in [9.17, 15) is 13.2 Å². The van der Waals surface area contributed by atoms with Gasteiger partial charge < -0.3 is 10.1 Å². The Kier molecular flexibility index (Phi) is 5.64. The first kappa shape index (κ1) is 17.8. The zero-order valence-corrected chi connectivity index (χ0v) is 14.1. The predicted octanol–water partition coefficient (Wildman–Crippen LogP) is 3.13. The highest BCUT2D eigenvalue weighted by Crippen LogP contribution is 2.21. The van der Waals surface area contributed by atoms with Gasteiger partial charge in [0, 0.05) is 10.7 Å². The molecule has 1 N–H and O–H groups in total. The van der Waals surface area contributed by atoms with Crippen molar-refractivity contribution in [2.24, 2.45) is 0 Å². The van der Waals surface area contributed by atoms with Crippen molar-refractivity contribution >= 4 is 25.8 Å². The van der Waals surface area contributed by atoms with E-state index in [0.717, 1.165) is 5.56 Å². The Morgan fingerprint density at radius 2 is 1.90 bits per heavy atom. The summed E-state index contributed by atoms with van der Waals surface area (Å²) in [6, 6.07) is 6.42. The lowest BCUT2D eigenvalue weighted by Gasteiger charge is -2.24. The van der Waals surface area contributed by atoms with E-state index in [1.54, 1.807) is 32.9 Å². The van der Waals surface area contributed by atoms with Gasteiger partial charge in [-0.05, 0) is 38.8 Å². The molecule has 0 spiro atoms. The molecule has 7 heteroatoms. The van der Waals surface area contributed by atoms with Gasteiger partial charge in [0.15, 0.2) is 0 Å². The fraction of sp³-hybridized carbons (Fsp3) is 0.500. The fourth-order valence-corrected chi connectivity index (χ4v) is 2.87. The number of halogens is 1. The third kappa shape index (κ3) is 6.82. The molecule has 0 bridgehead atoms. The number of carbonyl (C=O) groups excluding carboxylic acids is 1. The van der Waals surface area contributed by atoms with Gasteiger partial charge in [0.1, 0.15) is 5.60 Å². The number of hydrogen-bond acceptors (Lipinski definition) is 4. The maximum Gasteiger partial charge on any atom is 0.408 e. The van der Waals surface area contributed by atoms with E-state index in [2.05, 4.69) is 5.32 Å². The molecule has 1 unspecified atom stereocenters. The molecule has 0 aromatic heterocycles. The van der Waals surface area contributed by atoms with Gasteiger partial charge in [-0.3, -0.25) is 0 Å². The lowest BCUT2D eigenvalue weighted by molar-refractivity contribution is 0.0508. The summed E-state index contributed by atoms with van der Waals surface area (Å²) in [5, 5.41) is 2.56. The molecule has 0 heterocycles. The Labute approximate surface area is 130 Å². The van der Waals surface area contributed by atoms with Crippen molar-refractivity contribution in [2.75, 3.05) is 5.75 Å². The molecule has 1 rings (SSSR count). The van der Waals surface area contributed by atoms with Crippen molar-refractivity contribution in [3.05, 3.63) is 35.4 Å². The molecule has 5 nitrogen and oxygen atoms in total. The van der Waals surface area contributed by atoms with E-state index >= 15 is 0 Å². The minimum absolute atomic E-state index is 0.404. The van der Waals surface area contributed by atoms with Crippen molar-refractivity contribution in [2.45, 2.75) is 39.3 Å². The third-order valence-electron chi connectivity index (χ3n) is 2.62. The summed E-state index contributed by atoms with van der Waals surface area (Å²) in [6.45, 7) is 7.02. The van der Waals surface area contributed by atoms with Crippen molar-refractivity contribution < 1.29 is 17.9 Å². The van der Waals surface area contributed by atoms with E-state index in [1.807, 2.05) is 19.1 Å². The second kappa shape index (κ2) is 6.66. The van der Waals surface area contributed by atoms with Gasteiger partial charge in [-0.2, -0.15) is 0 Å². The summed E-state index contributed by atoms with van der Waals surface area (Å²) in [6.07, 6.45) is -0.684. The number of benzene rings is 1. The van der Waals surface area contributed by atoms with Crippen molar-refractivity contribution in [1.82, 2.24) is 5.32 Å². The van der Waals surface area contributed by atoms with Crippen LogP contribution in [-0.2, 0) is 13.8 Å². The average molecular weight is 334 g/mol. The molecule has 1 amide bonds. The first-order chi connectivity index (χ1) is 9.48. The largest absolute Gasteiger partial charge is 0.444 e. The first-order valence-corrected chi connectivity index (χ1v) is 8.93. The SMILES string of the molecule is Cc1ccccc1C(CS(=O)(=O)Cl)NC(=O)OC(C)(C)C. The van der Waals surface area contributed by atoms with E-state index in [1.165, 1.54) is 0 Å². The van der Waals surface area contributed by atoms with Crippen LogP contribution in [0.4, 0.5) is 4.79 Å². The van der Waals surface area contributed by atoms with E-state index in [-0.39, 0.29) is 0 Å². The summed E-state index contributed by atoms with van der Waals surface area (Å²) in [5.74, 6) is -0.404. The molecular formula is C14H20ClNO4S. The lowest BCUT2D eigenvalue weighted by Crippen LogP contribution is -2.37. The number of nitrogens with one attached hydrogen (secondary N) is 1. The van der Waals surface area contributed by atoms with Gasteiger partial charge in [0.2, 0.25) is 9.05 Å². The summed E-state index contributed by atoms with van der Waals surface area (Å²) in [5.41, 5.74) is 0.881. The highest BCUT2D eigenvalue weighted by molar-refractivity contribution is 8.13. The Balaban J connectivity index is 2.99. The van der Waals surface area contributed by atoms with E-state index < -0.39 is 32.5 Å². The smallest absolute Gasteiger partial charge is 0.408 e. The molecule has 118 valence electrons. The fourth-order valence-electron chi connectivity index (χ4n) is 1.84. The summed E-state index contributed by atoms with van der Waals surface area (Å²) in [4.78, 5) is 11.9. The number of alkyl carbamates (subject to hydrolysis) is 1. The van der Waals surface area contributed by atoms with Gasteiger partial charge >= 0.3 is 6.09 Å². The number of aryl methyl sites for hydroxylation is 1. The van der Waals surface area contributed by atoms with Crippen LogP contribution in [0.3, 0.4) is 0 Å². The van der Waals surface area contributed by atoms with Crippen LogP contribution in [0.15, 0.2) is 24.3 Å². The van der Waals surface area contributed by atoms with Crippen LogP contribution >= 0.6 is 10.7 Å². The number of rotatable bonds is 4. The maximum atomic E-state index is 11.9. The standard InChI is InChI=1S/C14H20ClNO4S/c1-10-7-5-6-8-11(10)12(9-21(15,18)19)16-13(17)20-14(2,3)4/h5-8,12H,9H2,1-4H3,(H,16,17). The molecule has 0 radical (unpaired) electrons. The number of hydrogen-bond donors (Lipinski definition) is 1. The zero-order chi connectivity index (χ0) is 16.3. The molecule has 0 aliphatic heterocycles. The van der Waals surface area contributed by atoms with Crippen LogP contribution in [0, 0.1) is 6.92 Å². The summed E-state index contributed by atoms with van der Waals surface area (Å²) < 4.78 is 27.9. The van der Waals surface area contributed by atoms with Gasteiger partial charge in [-0.15, -0.1) is 0 Å². The minimum atomic E-state index is -3.78. The zero-order valence-electron chi connectivity index (χ0n) is 12.5. The monoisotopic (exact) mass is 333 g/mol. The molecule has 1 atom stereocenters. The molecule has 0 aliphatic carbocycles. The Bertz CT molecular complexity index is 608. The maximum absolute atomic E-state index is 11.9. The van der Waals surface area contributed by atoms with Gasteiger partial charge in [0.05, 0.1) is 11.8 Å². The van der Waals surface area contributed by atoms with Crippen LogP contribution in [-0.4, -0.2) is 25.9 Å². The van der Waals surface area contributed by atoms with Gasteiger partial charge in [-0.1, -0.05) is 24.3 Å². The summed E-state index contributed by atoms with van der Waals surface area (Å²) in [7, 11) is 1.55. The Hall–Kier alpha value is -1.27. The second-order valence-corrected chi connectivity index (χ2v) is 8.58. The number of amides is 1. The molecular weight excluding hydrogens is 314 g/mol. The lowest BCUT2D eigenvalue weighted by atomic mass is 10.0. The molecule has 0 saturated carbocycles. The van der Waals surface area contributed by atoms with Crippen LogP contribution in [0.5, 0.6) is 0 Å². The van der Waals surface area contributed by atoms with Crippen molar-refractivity contribution in [3.8, 4) is 0 Å². The van der Waals surface area contributed by atoms with Crippen molar-refractivity contribution in [1.29, 1.82) is 0 Å². The average Bonchev–Trinajstić information content (AvgIpc) is 2.24. The number of ether oxygens (including phenoxy) is 1. The van der Waals surface area contributed by atoms with Crippen LogP contribution in [0.1, 0.15) is 37.9 Å². The highest BCUT2D eigenvalue weighted by atomic mass is 35.7. The van der Waals surface area contributed by atoms with E-state index in [0.29, 0.717) is 5.56 Å². The molecule has 0 fully saturated rings. The van der Waals surface area contributed by atoms with Crippen LogP contribution in [0.25, 0.3) is 0 Å². The van der Waals surface area contributed by atoms with Crippen molar-refractivity contribution in [3.63, 3.8) is 0 Å². The quantitative estimate of drug-likeness (QED) is 0.859. The van der Waals surface area contributed by atoms with E-state index in [4.69, 9.17) is 15.4 Å². The van der Waals surface area contributed by atoms with Gasteiger partial charge in [0.25, 0.3) is 0 Å². The Morgan fingerprint density at radius 3 is 2.38 bits per heavy atom. The topological polar surface area (TPSA) is 72.5 Å². The van der Waals surface area contributed by atoms with Crippen LogP contribution < -0.4 is 5.32 Å². The van der Waals surface area contributed by atoms with Gasteiger partial charge in [-0.25, -0.2) is 13.2 Å². The Morgan fingerprint density at radius 1 is 1.33 bits per heavy atom. The molecule has 1 aromatic carbocycles. The van der Waals surface area contributed by atoms with Crippen LogP contribution in [0.2, 0.25) is 0 Å². The third-order valence-corrected chi connectivity index (χ3v) is 3.73. The first-order valence-electron chi connectivity index (χ1n) is 6.45. The normalized spacial score (nSPS) is 13.6. The predicted molar refractivity (Wildman–Crippen MR) is 82.9 cm³/mol. The molecule has 0 saturated heterocycles. The highest BCUT2D eigenvalue weighted by Gasteiger charge is 2.25. The minimum Gasteiger partial charge on any atom is -0.444 e. The molecule has 0 aliphatic rings.